The highest BCUT2D eigenvalue weighted by Gasteiger charge is 2.21. The first kappa shape index (κ1) is 26.7. The maximum Gasteiger partial charge on any atom is 0.160 e. The zero-order valence-corrected chi connectivity index (χ0v) is 25.7. The highest BCUT2D eigenvalue weighted by atomic mass is 32.2. The minimum absolute atomic E-state index is 0.714. The summed E-state index contributed by atoms with van der Waals surface area (Å²) in [5.41, 5.74) is 10.9. The molecule has 6 aromatic carbocycles. The second kappa shape index (κ2) is 11.0. The van der Waals surface area contributed by atoms with Gasteiger partial charge in [0.25, 0.3) is 0 Å². The minimum Gasteiger partial charge on any atom is -0.308 e. The van der Waals surface area contributed by atoms with Gasteiger partial charge in [-0.2, -0.15) is 0 Å². The van der Waals surface area contributed by atoms with Crippen LogP contribution in [0, 0.1) is 0 Å². The van der Waals surface area contributed by atoms with Gasteiger partial charge in [0.1, 0.15) is 0 Å². The van der Waals surface area contributed by atoms with Gasteiger partial charge >= 0.3 is 0 Å². The lowest BCUT2D eigenvalue weighted by Gasteiger charge is -2.14. The Labute approximate surface area is 271 Å². The highest BCUT2D eigenvalue weighted by molar-refractivity contribution is 7.99. The summed E-state index contributed by atoms with van der Waals surface area (Å²) in [7, 11) is 0. The molecule has 9 rings (SSSR count). The summed E-state index contributed by atoms with van der Waals surface area (Å²) < 4.78 is 2.43. The average molecular weight is 606 g/mol. The predicted octanol–water partition coefficient (Wildman–Crippen LogP) is 11.2. The van der Waals surface area contributed by atoms with Crippen LogP contribution in [0.15, 0.2) is 161 Å². The Morgan fingerprint density at radius 2 is 1.15 bits per heavy atom. The van der Waals surface area contributed by atoms with Crippen LogP contribution in [0.25, 0.3) is 73.5 Å². The number of nitrogens with zero attached hydrogens (tertiary/aromatic N) is 3. The summed E-state index contributed by atoms with van der Waals surface area (Å²) in [6.45, 7) is 0. The fraction of sp³-hybridized carbons (Fsp3) is 0. The molecule has 0 aliphatic carbocycles. The molecule has 0 saturated heterocycles. The van der Waals surface area contributed by atoms with Gasteiger partial charge in [0.15, 0.2) is 5.82 Å². The van der Waals surface area contributed by atoms with Gasteiger partial charge in [0, 0.05) is 42.9 Å². The molecule has 0 saturated carbocycles. The fourth-order valence-electron chi connectivity index (χ4n) is 6.42. The van der Waals surface area contributed by atoms with Crippen molar-refractivity contribution in [3.63, 3.8) is 0 Å². The normalized spacial score (nSPS) is 12.2. The van der Waals surface area contributed by atoms with Gasteiger partial charge in [-0.25, -0.2) is 9.97 Å². The molecule has 8 aromatic rings. The summed E-state index contributed by atoms with van der Waals surface area (Å²) in [5, 5.41) is 2.49. The lowest BCUT2D eigenvalue weighted by Crippen LogP contribution is -1.98. The van der Waals surface area contributed by atoms with Crippen LogP contribution in [0.4, 0.5) is 0 Å². The van der Waals surface area contributed by atoms with Gasteiger partial charge < -0.3 is 4.57 Å². The van der Waals surface area contributed by atoms with Crippen molar-refractivity contribution in [2.24, 2.45) is 0 Å². The summed E-state index contributed by atoms with van der Waals surface area (Å²) >= 11 is 1.85. The first-order valence-electron chi connectivity index (χ1n) is 15.4. The Hall–Kier alpha value is -5.71. The Morgan fingerprint density at radius 3 is 2.00 bits per heavy atom. The van der Waals surface area contributed by atoms with Crippen molar-refractivity contribution in [3.05, 3.63) is 163 Å². The second-order valence-electron chi connectivity index (χ2n) is 11.5. The van der Waals surface area contributed by atoms with Crippen LogP contribution in [0.3, 0.4) is 0 Å². The summed E-state index contributed by atoms with van der Waals surface area (Å²) in [6, 6.07) is 53.3. The minimum atomic E-state index is 0.714. The molecule has 4 heteroatoms. The van der Waals surface area contributed by atoms with Crippen molar-refractivity contribution in [1.82, 2.24) is 14.5 Å². The van der Waals surface area contributed by atoms with Crippen LogP contribution in [0.2, 0.25) is 0 Å². The van der Waals surface area contributed by atoms with Crippen molar-refractivity contribution >= 4 is 45.7 Å². The third-order valence-electron chi connectivity index (χ3n) is 8.62. The first-order chi connectivity index (χ1) is 22.8. The lowest BCUT2D eigenvalue weighted by atomic mass is 10.1. The van der Waals surface area contributed by atoms with Gasteiger partial charge in [-0.05, 0) is 41.5 Å². The van der Waals surface area contributed by atoms with E-state index in [0.29, 0.717) is 5.82 Å². The predicted molar refractivity (Wildman–Crippen MR) is 192 cm³/mol. The Balaban J connectivity index is 1.27. The van der Waals surface area contributed by atoms with E-state index in [9.17, 15) is 0 Å². The summed E-state index contributed by atoms with van der Waals surface area (Å²) in [5.74, 6) is 0.714. The Bertz CT molecular complexity index is 2380. The SMILES string of the molecule is C1=Cc2ccc3c4ccccc4n(-c4cccc(-c5cc(-c6ccccc6)nc(-c6ccccc6)n5)c4)c3c2Sc2ccccc21. The van der Waals surface area contributed by atoms with Crippen LogP contribution in [-0.4, -0.2) is 14.5 Å². The van der Waals surface area contributed by atoms with Crippen molar-refractivity contribution in [3.8, 4) is 39.6 Å². The van der Waals surface area contributed by atoms with Gasteiger partial charge in [0.2, 0.25) is 0 Å². The monoisotopic (exact) mass is 605 g/mol. The number of hydrogen-bond acceptors (Lipinski definition) is 3. The molecule has 0 fully saturated rings. The zero-order chi connectivity index (χ0) is 30.5. The number of rotatable bonds is 4. The van der Waals surface area contributed by atoms with Crippen molar-refractivity contribution < 1.29 is 0 Å². The lowest BCUT2D eigenvalue weighted by molar-refractivity contribution is 1.15. The zero-order valence-electron chi connectivity index (χ0n) is 24.8. The number of para-hydroxylation sites is 1. The van der Waals surface area contributed by atoms with Crippen molar-refractivity contribution in [2.75, 3.05) is 0 Å². The van der Waals surface area contributed by atoms with Crippen molar-refractivity contribution in [1.29, 1.82) is 0 Å². The first-order valence-corrected chi connectivity index (χ1v) is 16.2. The third kappa shape index (κ3) is 4.54. The van der Waals surface area contributed by atoms with Gasteiger partial charge in [-0.1, -0.05) is 145 Å². The van der Waals surface area contributed by atoms with Crippen LogP contribution >= 0.6 is 11.8 Å². The van der Waals surface area contributed by atoms with E-state index in [1.165, 1.54) is 42.7 Å². The molecule has 0 spiro atoms. The molecule has 216 valence electrons. The number of benzene rings is 6. The molecule has 2 aromatic heterocycles. The standard InChI is InChI=1S/C42H27N3S/c1-3-12-28(13-4-1)36-27-37(44-42(43-36)31-15-5-2-6-16-31)32-17-11-18-33(26-32)45-38-20-9-8-19-34(38)35-25-24-30-23-22-29-14-7-10-21-39(29)46-41(30)40(35)45/h1-27H. The van der Waals surface area contributed by atoms with Crippen LogP contribution in [0.5, 0.6) is 0 Å². The molecule has 0 unspecified atom stereocenters. The van der Waals surface area contributed by atoms with Gasteiger partial charge in [0.05, 0.1) is 22.4 Å². The maximum atomic E-state index is 5.12. The molecule has 0 atom stereocenters. The fourth-order valence-corrected chi connectivity index (χ4v) is 7.60. The molecule has 0 amide bonds. The van der Waals surface area contributed by atoms with E-state index in [0.717, 1.165) is 33.8 Å². The molecule has 1 aliphatic rings. The highest BCUT2D eigenvalue weighted by Crippen LogP contribution is 2.45. The van der Waals surface area contributed by atoms with E-state index in [1.807, 2.05) is 36.0 Å². The number of fused-ring (bicyclic) bond motifs is 6. The van der Waals surface area contributed by atoms with Gasteiger partial charge in [-0.3, -0.25) is 0 Å². The molecule has 0 N–H and O–H groups in total. The molecule has 0 radical (unpaired) electrons. The number of hydrogen-bond donors (Lipinski definition) is 0. The molecule has 1 aliphatic heterocycles. The largest absolute Gasteiger partial charge is 0.308 e. The molecule has 3 heterocycles. The van der Waals surface area contributed by atoms with E-state index < -0.39 is 0 Å². The Kier molecular flexibility index (Phi) is 6.39. The van der Waals surface area contributed by atoms with Crippen LogP contribution < -0.4 is 0 Å². The van der Waals surface area contributed by atoms with Crippen molar-refractivity contribution in [2.45, 2.75) is 9.79 Å². The van der Waals surface area contributed by atoms with Gasteiger partial charge in [-0.15, -0.1) is 0 Å². The smallest absolute Gasteiger partial charge is 0.160 e. The quantitative estimate of drug-likeness (QED) is 0.200. The van der Waals surface area contributed by atoms with E-state index >= 15 is 0 Å². The van der Waals surface area contributed by atoms with Crippen LogP contribution in [-0.2, 0) is 0 Å². The molecule has 0 bridgehead atoms. The average Bonchev–Trinajstić information content (AvgIpc) is 3.34. The van der Waals surface area contributed by atoms with Crippen LogP contribution in [0.1, 0.15) is 11.1 Å². The van der Waals surface area contributed by atoms with E-state index in [4.69, 9.17) is 9.97 Å². The molecular weight excluding hydrogens is 579 g/mol. The molecule has 3 nitrogen and oxygen atoms in total. The maximum absolute atomic E-state index is 5.12. The summed E-state index contributed by atoms with van der Waals surface area (Å²) in [6.07, 6.45) is 4.49. The molecule has 46 heavy (non-hydrogen) atoms. The van der Waals surface area contributed by atoms with E-state index in [-0.39, 0.29) is 0 Å². The van der Waals surface area contributed by atoms with E-state index in [1.54, 1.807) is 0 Å². The molecular formula is C42H27N3S. The summed E-state index contributed by atoms with van der Waals surface area (Å²) in [4.78, 5) is 12.7. The Morgan fingerprint density at radius 1 is 0.478 bits per heavy atom. The third-order valence-corrected chi connectivity index (χ3v) is 9.85. The number of aromatic nitrogens is 3. The topological polar surface area (TPSA) is 30.7 Å². The van der Waals surface area contributed by atoms with E-state index in [2.05, 4.69) is 144 Å². The second-order valence-corrected chi connectivity index (χ2v) is 12.5.